The van der Waals surface area contributed by atoms with Gasteiger partial charge >= 0.3 is 5.97 Å². The number of aromatic carboxylic acids is 1. The number of carboxylic acid groups (broad SMARTS) is 1. The summed E-state index contributed by atoms with van der Waals surface area (Å²) in [5.74, 6) is -0.994. The normalized spacial score (nSPS) is 11.3. The summed E-state index contributed by atoms with van der Waals surface area (Å²) in [6, 6.07) is 21.5. The average molecular weight is 354 g/mol. The van der Waals surface area contributed by atoms with E-state index in [9.17, 15) is 14.7 Å². The molecule has 0 radical (unpaired) electrons. The predicted molar refractivity (Wildman–Crippen MR) is 104 cm³/mol. The monoisotopic (exact) mass is 354 g/mol. The van der Waals surface area contributed by atoms with E-state index in [0.717, 1.165) is 17.1 Å². The number of fused-ring (bicyclic) bond motifs is 2. The Labute approximate surface area is 154 Å². The van der Waals surface area contributed by atoms with Crippen molar-refractivity contribution in [2.45, 2.75) is 0 Å². The van der Waals surface area contributed by atoms with Crippen LogP contribution in [0.25, 0.3) is 21.5 Å². The molecule has 0 aliphatic heterocycles. The second-order valence-corrected chi connectivity index (χ2v) is 6.03. The summed E-state index contributed by atoms with van der Waals surface area (Å²) in [4.78, 5) is 22.9. The van der Waals surface area contributed by atoms with Crippen LogP contribution in [0, 0.1) is 0 Å². The molecule has 0 saturated heterocycles. The van der Waals surface area contributed by atoms with Gasteiger partial charge in [0.15, 0.2) is 6.29 Å². The molecule has 0 saturated carbocycles. The molecule has 0 amide bonds. The van der Waals surface area contributed by atoms with Gasteiger partial charge < -0.3 is 5.11 Å². The van der Waals surface area contributed by atoms with Gasteiger partial charge in [0.1, 0.15) is 5.69 Å². The van der Waals surface area contributed by atoms with Gasteiger partial charge in [0, 0.05) is 16.3 Å². The zero-order chi connectivity index (χ0) is 18.8. The quantitative estimate of drug-likeness (QED) is 0.365. The molecule has 0 heterocycles. The summed E-state index contributed by atoms with van der Waals surface area (Å²) >= 11 is 0. The summed E-state index contributed by atoms with van der Waals surface area (Å²) in [5, 5.41) is 21.1. The molecule has 0 fully saturated rings. The minimum Gasteiger partial charge on any atom is -0.478 e. The number of carbonyl (C=O) groups excluding carboxylic acids is 1. The molecule has 4 aromatic rings. The van der Waals surface area contributed by atoms with E-state index in [1.54, 1.807) is 30.3 Å². The Morgan fingerprint density at radius 2 is 1.48 bits per heavy atom. The summed E-state index contributed by atoms with van der Waals surface area (Å²) in [5.41, 5.74) is 1.70. The predicted octanol–water partition coefficient (Wildman–Crippen LogP) is 5.92. The van der Waals surface area contributed by atoms with Gasteiger partial charge in [-0.15, -0.1) is 10.2 Å². The highest BCUT2D eigenvalue weighted by Crippen LogP contribution is 2.33. The second-order valence-electron chi connectivity index (χ2n) is 6.03. The molecule has 0 aliphatic rings. The molecule has 4 rings (SSSR count). The topological polar surface area (TPSA) is 79.1 Å². The van der Waals surface area contributed by atoms with Gasteiger partial charge in [-0.3, -0.25) is 4.79 Å². The Morgan fingerprint density at radius 3 is 2.22 bits per heavy atom. The van der Waals surface area contributed by atoms with E-state index in [1.807, 2.05) is 36.4 Å². The summed E-state index contributed by atoms with van der Waals surface area (Å²) < 4.78 is 0. The Morgan fingerprint density at radius 1 is 0.778 bits per heavy atom. The van der Waals surface area contributed by atoms with Crippen molar-refractivity contribution in [3.63, 3.8) is 0 Å². The van der Waals surface area contributed by atoms with Crippen molar-refractivity contribution in [1.82, 2.24) is 0 Å². The number of rotatable bonds is 4. The largest absolute Gasteiger partial charge is 0.478 e. The summed E-state index contributed by atoms with van der Waals surface area (Å²) in [7, 11) is 0. The maximum atomic E-state index is 11.4. The first kappa shape index (κ1) is 16.6. The van der Waals surface area contributed by atoms with Crippen LogP contribution in [0.4, 0.5) is 11.4 Å². The number of carboxylic acids is 1. The van der Waals surface area contributed by atoms with E-state index >= 15 is 0 Å². The van der Waals surface area contributed by atoms with Crippen LogP contribution >= 0.6 is 0 Å². The number of azo groups is 1. The molecule has 4 aromatic carbocycles. The smallest absolute Gasteiger partial charge is 0.336 e. The number of hydrogen-bond acceptors (Lipinski definition) is 4. The molecule has 27 heavy (non-hydrogen) atoms. The van der Waals surface area contributed by atoms with E-state index in [2.05, 4.69) is 10.2 Å². The highest BCUT2D eigenvalue weighted by Gasteiger charge is 2.11. The number of carbonyl (C=O) groups is 2. The van der Waals surface area contributed by atoms with E-state index in [-0.39, 0.29) is 5.56 Å². The van der Waals surface area contributed by atoms with E-state index in [4.69, 9.17) is 0 Å². The Hall–Kier alpha value is -3.86. The molecule has 5 heteroatoms. The molecule has 0 aliphatic carbocycles. The van der Waals surface area contributed by atoms with Gasteiger partial charge in [0.05, 0.1) is 11.3 Å². The lowest BCUT2D eigenvalue weighted by Gasteiger charge is -2.06. The Bertz CT molecular complexity index is 1230. The van der Waals surface area contributed by atoms with Crippen LogP contribution < -0.4 is 0 Å². The van der Waals surface area contributed by atoms with E-state index in [1.165, 1.54) is 6.07 Å². The first-order valence-electron chi connectivity index (χ1n) is 8.33. The van der Waals surface area contributed by atoms with Gasteiger partial charge in [0.2, 0.25) is 0 Å². The number of hydrogen-bond donors (Lipinski definition) is 1. The van der Waals surface area contributed by atoms with E-state index in [0.29, 0.717) is 27.7 Å². The minimum absolute atomic E-state index is 0.211. The van der Waals surface area contributed by atoms with Gasteiger partial charge in [-0.1, -0.05) is 54.6 Å². The second kappa shape index (κ2) is 6.80. The molecule has 5 nitrogen and oxygen atoms in total. The fourth-order valence-corrected chi connectivity index (χ4v) is 3.14. The summed E-state index contributed by atoms with van der Waals surface area (Å²) in [6.45, 7) is 0. The highest BCUT2D eigenvalue weighted by atomic mass is 16.4. The third kappa shape index (κ3) is 2.95. The lowest BCUT2D eigenvalue weighted by molar-refractivity contribution is 0.0699. The van der Waals surface area contributed by atoms with Crippen LogP contribution in [0.2, 0.25) is 0 Å². The van der Waals surface area contributed by atoms with Crippen molar-refractivity contribution in [3.05, 3.63) is 83.9 Å². The zero-order valence-corrected chi connectivity index (χ0v) is 14.2. The van der Waals surface area contributed by atoms with Crippen molar-refractivity contribution in [2.75, 3.05) is 0 Å². The highest BCUT2D eigenvalue weighted by molar-refractivity contribution is 6.07. The van der Waals surface area contributed by atoms with Crippen LogP contribution in [0.5, 0.6) is 0 Å². The number of aldehydes is 1. The van der Waals surface area contributed by atoms with Crippen LogP contribution in [0.3, 0.4) is 0 Å². The third-order valence-electron chi connectivity index (χ3n) is 4.45. The lowest BCUT2D eigenvalue weighted by Crippen LogP contribution is -1.96. The molecule has 130 valence electrons. The maximum absolute atomic E-state index is 11.4. The van der Waals surface area contributed by atoms with Crippen LogP contribution in [0.1, 0.15) is 20.7 Å². The average Bonchev–Trinajstić information content (AvgIpc) is 2.71. The molecule has 0 unspecified atom stereocenters. The fraction of sp³-hybridized carbons (Fsp3) is 0. The third-order valence-corrected chi connectivity index (χ3v) is 4.45. The Kier molecular flexibility index (Phi) is 4.18. The van der Waals surface area contributed by atoms with Crippen LogP contribution in [0.15, 0.2) is 83.0 Å². The van der Waals surface area contributed by atoms with Crippen molar-refractivity contribution in [3.8, 4) is 0 Å². The molecule has 0 atom stereocenters. The molecule has 0 spiro atoms. The molecular weight excluding hydrogens is 340 g/mol. The van der Waals surface area contributed by atoms with Gasteiger partial charge in [-0.05, 0) is 29.0 Å². The molecule has 0 bridgehead atoms. The zero-order valence-electron chi connectivity index (χ0n) is 14.2. The minimum atomic E-state index is -0.994. The first-order chi connectivity index (χ1) is 13.2. The van der Waals surface area contributed by atoms with Crippen molar-refractivity contribution < 1.29 is 14.7 Å². The number of benzene rings is 4. The van der Waals surface area contributed by atoms with Crippen molar-refractivity contribution in [2.24, 2.45) is 10.2 Å². The maximum Gasteiger partial charge on any atom is 0.336 e. The first-order valence-corrected chi connectivity index (χ1v) is 8.33. The standard InChI is InChI=1S/C22H14N2O3/c25-13-15-10-9-14-5-1-2-6-16(14)21(15)24-23-20-12-11-19(22(26)27)17-7-3-4-8-18(17)20/h1-13H,(H,26,27). The molecular formula is C22H14N2O3. The fourth-order valence-electron chi connectivity index (χ4n) is 3.14. The van der Waals surface area contributed by atoms with Gasteiger partial charge in [0.25, 0.3) is 0 Å². The van der Waals surface area contributed by atoms with Gasteiger partial charge in [-0.25, -0.2) is 4.79 Å². The lowest BCUT2D eigenvalue weighted by atomic mass is 10.0. The van der Waals surface area contributed by atoms with E-state index < -0.39 is 5.97 Å². The molecule has 0 aromatic heterocycles. The van der Waals surface area contributed by atoms with Crippen LogP contribution in [-0.2, 0) is 0 Å². The van der Waals surface area contributed by atoms with Crippen LogP contribution in [-0.4, -0.2) is 17.4 Å². The van der Waals surface area contributed by atoms with Gasteiger partial charge in [-0.2, -0.15) is 0 Å². The molecule has 1 N–H and O–H groups in total. The SMILES string of the molecule is O=Cc1ccc2ccccc2c1N=Nc1ccc(C(=O)O)c2ccccc12. The van der Waals surface area contributed by atoms with Crippen molar-refractivity contribution >= 4 is 45.2 Å². The van der Waals surface area contributed by atoms with Crippen molar-refractivity contribution in [1.29, 1.82) is 0 Å². The summed E-state index contributed by atoms with van der Waals surface area (Å²) in [6.07, 6.45) is 0.756. The Balaban J connectivity index is 1.90. The number of nitrogens with zero attached hydrogens (tertiary/aromatic N) is 2.